The Balaban J connectivity index is 1.66. The van der Waals surface area contributed by atoms with Gasteiger partial charge in [-0.05, 0) is 55.0 Å². The number of rotatable bonds is 4. The van der Waals surface area contributed by atoms with Crippen LogP contribution in [0.2, 0.25) is 0 Å². The van der Waals surface area contributed by atoms with Gasteiger partial charge in [-0.3, -0.25) is 4.98 Å². The van der Waals surface area contributed by atoms with Gasteiger partial charge >= 0.3 is 0 Å². The second-order valence-electron chi connectivity index (χ2n) is 5.87. The van der Waals surface area contributed by atoms with Gasteiger partial charge in [-0.15, -0.1) is 0 Å². The molecule has 0 atom stereocenters. The van der Waals surface area contributed by atoms with Crippen LogP contribution in [0.15, 0.2) is 66.9 Å². The molecule has 0 N–H and O–H groups in total. The molecule has 3 aromatic rings. The first-order chi connectivity index (χ1) is 10.7. The third kappa shape index (κ3) is 3.62. The van der Waals surface area contributed by atoms with Gasteiger partial charge in [-0.1, -0.05) is 60.2 Å². The predicted molar refractivity (Wildman–Crippen MR) is 93.0 cm³/mol. The van der Waals surface area contributed by atoms with Gasteiger partial charge in [0.1, 0.15) is 0 Å². The van der Waals surface area contributed by atoms with Crippen LogP contribution in [-0.2, 0) is 12.8 Å². The largest absolute Gasteiger partial charge is 0.261 e. The molecule has 0 radical (unpaired) electrons. The topological polar surface area (TPSA) is 12.9 Å². The molecule has 22 heavy (non-hydrogen) atoms. The van der Waals surface area contributed by atoms with Gasteiger partial charge in [0.05, 0.1) is 0 Å². The van der Waals surface area contributed by atoms with Crippen molar-refractivity contribution in [2.75, 3.05) is 0 Å². The Labute approximate surface area is 132 Å². The zero-order valence-corrected chi connectivity index (χ0v) is 13.2. The molecule has 0 fully saturated rings. The number of pyridine rings is 1. The number of benzene rings is 2. The van der Waals surface area contributed by atoms with E-state index in [1.54, 1.807) is 0 Å². The van der Waals surface area contributed by atoms with Crippen molar-refractivity contribution in [2.24, 2.45) is 0 Å². The lowest BCUT2D eigenvalue weighted by Crippen LogP contribution is -1.93. The van der Waals surface area contributed by atoms with Crippen LogP contribution in [0, 0.1) is 13.8 Å². The molecule has 0 aliphatic rings. The highest BCUT2D eigenvalue weighted by atomic mass is 14.6. The number of aryl methyl sites for hydroxylation is 4. The first kappa shape index (κ1) is 14.5. The number of aromatic nitrogens is 1. The monoisotopic (exact) mass is 287 g/mol. The normalized spacial score (nSPS) is 10.6. The van der Waals surface area contributed by atoms with E-state index >= 15 is 0 Å². The van der Waals surface area contributed by atoms with E-state index in [-0.39, 0.29) is 0 Å². The van der Waals surface area contributed by atoms with Crippen molar-refractivity contribution in [1.82, 2.24) is 4.98 Å². The maximum absolute atomic E-state index is 4.35. The van der Waals surface area contributed by atoms with Crippen LogP contribution in [-0.4, -0.2) is 4.98 Å². The zero-order valence-electron chi connectivity index (χ0n) is 13.2. The van der Waals surface area contributed by atoms with Gasteiger partial charge in [-0.25, -0.2) is 0 Å². The smallest absolute Gasteiger partial charge is 0.0372 e. The Bertz CT molecular complexity index is 722. The molecule has 0 aliphatic heterocycles. The van der Waals surface area contributed by atoms with Crippen molar-refractivity contribution in [1.29, 1.82) is 0 Å². The molecule has 0 bridgehead atoms. The minimum absolute atomic E-state index is 1.04. The average Bonchev–Trinajstić information content (AvgIpc) is 2.56. The number of hydrogen-bond acceptors (Lipinski definition) is 1. The zero-order chi connectivity index (χ0) is 15.4. The van der Waals surface area contributed by atoms with Crippen LogP contribution in [0.5, 0.6) is 0 Å². The van der Waals surface area contributed by atoms with E-state index in [4.69, 9.17) is 0 Å². The Hall–Kier alpha value is -2.41. The fourth-order valence-corrected chi connectivity index (χ4v) is 2.54. The van der Waals surface area contributed by atoms with Crippen molar-refractivity contribution in [3.05, 3.63) is 89.2 Å². The first-order valence-electron chi connectivity index (χ1n) is 7.78. The SMILES string of the molecule is Cc1ccc(-c2ccc(CCc3ccc(C)nc3)cc2)cc1. The number of hydrogen-bond donors (Lipinski definition) is 0. The summed E-state index contributed by atoms with van der Waals surface area (Å²) in [6, 6.07) is 21.8. The van der Waals surface area contributed by atoms with Gasteiger partial charge in [-0.2, -0.15) is 0 Å². The van der Waals surface area contributed by atoms with Crippen molar-refractivity contribution >= 4 is 0 Å². The van der Waals surface area contributed by atoms with Gasteiger partial charge in [0.25, 0.3) is 0 Å². The summed E-state index contributed by atoms with van der Waals surface area (Å²) in [5, 5.41) is 0. The molecule has 3 rings (SSSR count). The van der Waals surface area contributed by atoms with Crippen LogP contribution in [0.25, 0.3) is 11.1 Å². The van der Waals surface area contributed by atoms with Crippen LogP contribution in [0.4, 0.5) is 0 Å². The summed E-state index contributed by atoms with van der Waals surface area (Å²) < 4.78 is 0. The van der Waals surface area contributed by atoms with E-state index in [0.29, 0.717) is 0 Å². The van der Waals surface area contributed by atoms with Crippen LogP contribution in [0.3, 0.4) is 0 Å². The molecule has 0 spiro atoms. The molecule has 110 valence electrons. The summed E-state index contributed by atoms with van der Waals surface area (Å²) in [6.45, 7) is 4.14. The summed E-state index contributed by atoms with van der Waals surface area (Å²) in [5.74, 6) is 0. The summed E-state index contributed by atoms with van der Waals surface area (Å²) in [5.41, 5.74) is 7.60. The molecular formula is C21H21N. The molecule has 1 nitrogen and oxygen atoms in total. The second kappa shape index (κ2) is 6.57. The molecule has 1 heteroatoms. The number of nitrogens with zero attached hydrogens (tertiary/aromatic N) is 1. The Morgan fingerprint density at radius 1 is 0.636 bits per heavy atom. The molecule has 0 amide bonds. The molecule has 0 saturated carbocycles. The highest BCUT2D eigenvalue weighted by molar-refractivity contribution is 5.63. The predicted octanol–water partition coefficient (Wildman–Crippen LogP) is 5.15. The molecular weight excluding hydrogens is 266 g/mol. The van der Waals surface area contributed by atoms with Crippen molar-refractivity contribution in [2.45, 2.75) is 26.7 Å². The molecule has 1 aromatic heterocycles. The van der Waals surface area contributed by atoms with Gasteiger partial charge < -0.3 is 0 Å². The van der Waals surface area contributed by atoms with Crippen molar-refractivity contribution < 1.29 is 0 Å². The Kier molecular flexibility index (Phi) is 4.34. The summed E-state index contributed by atoms with van der Waals surface area (Å²) in [6.07, 6.45) is 4.08. The summed E-state index contributed by atoms with van der Waals surface area (Å²) in [4.78, 5) is 4.35. The lowest BCUT2D eigenvalue weighted by atomic mass is 10.0. The average molecular weight is 287 g/mol. The minimum Gasteiger partial charge on any atom is -0.261 e. The first-order valence-corrected chi connectivity index (χ1v) is 7.78. The van der Waals surface area contributed by atoms with Gasteiger partial charge in [0.15, 0.2) is 0 Å². The quantitative estimate of drug-likeness (QED) is 0.646. The van der Waals surface area contributed by atoms with E-state index in [9.17, 15) is 0 Å². The van der Waals surface area contributed by atoms with Crippen molar-refractivity contribution in [3.8, 4) is 11.1 Å². The minimum atomic E-state index is 1.04. The van der Waals surface area contributed by atoms with Crippen LogP contribution < -0.4 is 0 Å². The lowest BCUT2D eigenvalue weighted by molar-refractivity contribution is 0.945. The Morgan fingerprint density at radius 3 is 1.77 bits per heavy atom. The van der Waals surface area contributed by atoms with E-state index in [1.807, 2.05) is 13.1 Å². The summed E-state index contributed by atoms with van der Waals surface area (Å²) in [7, 11) is 0. The highest BCUT2D eigenvalue weighted by Gasteiger charge is 2.00. The maximum Gasteiger partial charge on any atom is 0.0372 e. The lowest BCUT2D eigenvalue weighted by Gasteiger charge is -2.06. The fourth-order valence-electron chi connectivity index (χ4n) is 2.54. The summed E-state index contributed by atoms with van der Waals surface area (Å²) >= 11 is 0. The van der Waals surface area contributed by atoms with Gasteiger partial charge in [0.2, 0.25) is 0 Å². The molecule has 2 aromatic carbocycles. The fraction of sp³-hybridized carbons (Fsp3) is 0.190. The van der Waals surface area contributed by atoms with Gasteiger partial charge in [0, 0.05) is 11.9 Å². The van der Waals surface area contributed by atoms with Crippen LogP contribution >= 0.6 is 0 Å². The van der Waals surface area contributed by atoms with Crippen LogP contribution in [0.1, 0.15) is 22.4 Å². The van der Waals surface area contributed by atoms with E-state index in [2.05, 4.69) is 72.6 Å². The highest BCUT2D eigenvalue weighted by Crippen LogP contribution is 2.20. The molecule has 0 saturated heterocycles. The van der Waals surface area contributed by atoms with E-state index in [1.165, 1.54) is 27.8 Å². The maximum atomic E-state index is 4.35. The Morgan fingerprint density at radius 2 is 1.18 bits per heavy atom. The van der Waals surface area contributed by atoms with E-state index in [0.717, 1.165) is 18.5 Å². The molecule has 0 unspecified atom stereocenters. The third-order valence-corrected chi connectivity index (χ3v) is 4.01. The molecule has 1 heterocycles. The second-order valence-corrected chi connectivity index (χ2v) is 5.87. The molecule has 0 aliphatic carbocycles. The standard InChI is InChI=1S/C21H21N/c1-16-3-11-20(12-4-16)21-13-9-18(10-14-21)7-8-19-6-5-17(2)22-15-19/h3-6,9-15H,7-8H2,1-2H3. The third-order valence-electron chi connectivity index (χ3n) is 4.01. The van der Waals surface area contributed by atoms with Crippen molar-refractivity contribution in [3.63, 3.8) is 0 Å². The van der Waals surface area contributed by atoms with E-state index < -0.39 is 0 Å².